The van der Waals surface area contributed by atoms with E-state index in [2.05, 4.69) is 16.0 Å². The maximum atomic E-state index is 13.9. The van der Waals surface area contributed by atoms with Crippen LogP contribution in [0.1, 0.15) is 69.7 Å². The van der Waals surface area contributed by atoms with E-state index in [1.54, 1.807) is 34.1 Å². The van der Waals surface area contributed by atoms with E-state index in [9.17, 15) is 38.0 Å². The molecule has 0 aliphatic carbocycles. The minimum Gasteiger partial charge on any atom is -0.485 e. The summed E-state index contributed by atoms with van der Waals surface area (Å²) in [5.41, 5.74) is 18.7. The average molecular weight is 967 g/mol. The van der Waals surface area contributed by atoms with Crippen LogP contribution in [0.4, 0.5) is 15.8 Å². The Labute approximate surface area is 394 Å². The number of nitrogens with zero attached hydrogens (tertiary/aromatic N) is 3. The van der Waals surface area contributed by atoms with E-state index in [0.717, 1.165) is 17.0 Å². The van der Waals surface area contributed by atoms with Crippen LogP contribution in [-0.2, 0) is 40.0 Å². The lowest BCUT2D eigenvalue weighted by molar-refractivity contribution is -0.140. The molecule has 19 nitrogen and oxygen atoms in total. The molecule has 6 rings (SSSR count). The van der Waals surface area contributed by atoms with E-state index >= 15 is 0 Å². The Bertz CT molecular complexity index is 2490. The van der Waals surface area contributed by atoms with E-state index in [0.29, 0.717) is 36.6 Å². The summed E-state index contributed by atoms with van der Waals surface area (Å²) in [6.45, 7) is 5.18. The third-order valence-electron chi connectivity index (χ3n) is 11.1. The number of benzene rings is 3. The van der Waals surface area contributed by atoms with Gasteiger partial charge < -0.3 is 51.8 Å². The number of carbonyl (C=O) groups is 7. The molecule has 356 valence electrons. The standard InChI is InChI=1S/C45H50Cl2FN9O10/c1-24-21-55(43(62)26-6-8-27(9-7-26)53-41(60)32(49)20-35(40(50)51)67-23-29-30(46)10-11-31(48)39(29)47)22-25(2)56(24)37(59)14-16-65-18-19-66-17-15-52-33-5-3-4-28-38(33)45(64)57(44(28)63)34-12-13-36(58)54-42(34)61/h3-11,20,24-25,34,52H,12-19,21-23,49-51H2,1-2H3,(H,53,60)(H,54,58,61)/b32-20-/t24-,25+,34?. The van der Waals surface area contributed by atoms with E-state index in [1.807, 2.05) is 13.8 Å². The topological polar surface area (TPSA) is 271 Å². The van der Waals surface area contributed by atoms with Crippen LogP contribution in [0.25, 0.3) is 0 Å². The highest BCUT2D eigenvalue weighted by molar-refractivity contribution is 6.36. The molecular weight excluding hydrogens is 916 g/mol. The van der Waals surface area contributed by atoms with Crippen molar-refractivity contribution >= 4 is 75.9 Å². The molecule has 3 aliphatic heterocycles. The van der Waals surface area contributed by atoms with Crippen molar-refractivity contribution in [1.29, 1.82) is 0 Å². The van der Waals surface area contributed by atoms with Crippen LogP contribution >= 0.6 is 23.2 Å². The van der Waals surface area contributed by atoms with Crippen molar-refractivity contribution in [2.75, 3.05) is 56.7 Å². The Balaban J connectivity index is 0.884. The maximum Gasteiger partial charge on any atom is 0.271 e. The average Bonchev–Trinajstić information content (AvgIpc) is 3.54. The van der Waals surface area contributed by atoms with Crippen LogP contribution < -0.4 is 33.2 Å². The summed E-state index contributed by atoms with van der Waals surface area (Å²) >= 11 is 12.1. The molecule has 2 saturated heterocycles. The number of piperazine rings is 1. The predicted octanol–water partition coefficient (Wildman–Crippen LogP) is 3.21. The number of allylic oxidation sites excluding steroid dienone is 1. The quantitative estimate of drug-likeness (QED) is 0.0267. The number of ether oxygens (including phenoxy) is 3. The highest BCUT2D eigenvalue weighted by atomic mass is 35.5. The SMILES string of the molecule is C[C@@H]1CN(C(=O)c2ccc(NC(=O)/C(N)=C/C(OCc3c(Cl)ccc(F)c3Cl)=C(N)N)cc2)C[C@H](C)N1C(=O)CCOCCOCCNc1cccc2c1C(=O)N(C1CCC(=O)NC1=O)C2=O. The fraction of sp³-hybridized carbons (Fsp3) is 0.356. The monoisotopic (exact) mass is 965 g/mol. The Kier molecular flexibility index (Phi) is 16.4. The number of carbonyl (C=O) groups excluding carboxylic acids is 7. The lowest BCUT2D eigenvalue weighted by Gasteiger charge is -2.44. The third kappa shape index (κ3) is 11.8. The van der Waals surface area contributed by atoms with Crippen LogP contribution in [0.3, 0.4) is 0 Å². The van der Waals surface area contributed by atoms with Gasteiger partial charge in [0.25, 0.3) is 23.6 Å². The minimum absolute atomic E-state index is 0.0282. The van der Waals surface area contributed by atoms with E-state index in [-0.39, 0.29) is 120 Å². The zero-order chi connectivity index (χ0) is 48.5. The Morgan fingerprint density at radius 3 is 2.25 bits per heavy atom. The van der Waals surface area contributed by atoms with E-state index in [4.69, 9.17) is 54.6 Å². The molecule has 3 atom stereocenters. The van der Waals surface area contributed by atoms with Gasteiger partial charge in [-0.3, -0.25) is 43.8 Å². The summed E-state index contributed by atoms with van der Waals surface area (Å²) in [7, 11) is 0. The first-order valence-electron chi connectivity index (χ1n) is 21.2. The van der Waals surface area contributed by atoms with E-state index in [1.165, 1.54) is 24.3 Å². The minimum atomic E-state index is -1.06. The largest absolute Gasteiger partial charge is 0.485 e. The number of fused-ring (bicyclic) bond motifs is 1. The molecule has 3 aliphatic rings. The summed E-state index contributed by atoms with van der Waals surface area (Å²) in [6.07, 6.45) is 1.32. The number of imide groups is 2. The third-order valence-corrected chi connectivity index (χ3v) is 11.9. The molecule has 2 fully saturated rings. The summed E-state index contributed by atoms with van der Waals surface area (Å²) in [4.78, 5) is 94.3. The fourth-order valence-electron chi connectivity index (χ4n) is 7.86. The summed E-state index contributed by atoms with van der Waals surface area (Å²) in [5.74, 6) is -4.62. The van der Waals surface area contributed by atoms with Crippen molar-refractivity contribution in [2.45, 2.75) is 57.8 Å². The molecule has 1 unspecified atom stereocenters. The maximum absolute atomic E-state index is 13.9. The molecule has 3 aromatic rings. The van der Waals surface area contributed by atoms with Gasteiger partial charge in [0.1, 0.15) is 30.0 Å². The van der Waals surface area contributed by atoms with Crippen molar-refractivity contribution < 1.29 is 52.2 Å². The lowest BCUT2D eigenvalue weighted by atomic mass is 10.0. The number of amides is 7. The highest BCUT2D eigenvalue weighted by Gasteiger charge is 2.45. The van der Waals surface area contributed by atoms with Gasteiger partial charge in [0.05, 0.1) is 49.0 Å². The zero-order valence-electron chi connectivity index (χ0n) is 36.6. The van der Waals surface area contributed by atoms with Gasteiger partial charge in [-0.25, -0.2) is 4.39 Å². The number of hydrogen-bond acceptors (Lipinski definition) is 14. The number of piperidine rings is 1. The van der Waals surface area contributed by atoms with Crippen LogP contribution in [0.15, 0.2) is 78.0 Å². The Hall–Kier alpha value is -6.74. The summed E-state index contributed by atoms with van der Waals surface area (Å²) < 4.78 is 30.8. The summed E-state index contributed by atoms with van der Waals surface area (Å²) in [6, 6.07) is 11.8. The fourth-order valence-corrected chi connectivity index (χ4v) is 8.34. The van der Waals surface area contributed by atoms with Crippen molar-refractivity contribution in [3.63, 3.8) is 0 Å². The normalized spacial score (nSPS) is 18.4. The summed E-state index contributed by atoms with van der Waals surface area (Å²) in [5, 5.41) is 7.81. The van der Waals surface area contributed by atoms with Gasteiger partial charge >= 0.3 is 0 Å². The first-order chi connectivity index (χ1) is 32.0. The number of hydrogen-bond donors (Lipinski definition) is 6. The molecule has 0 aromatic heterocycles. The van der Waals surface area contributed by atoms with Crippen LogP contribution in [0.5, 0.6) is 0 Å². The van der Waals surface area contributed by atoms with Crippen molar-refractivity contribution in [1.82, 2.24) is 20.0 Å². The van der Waals surface area contributed by atoms with Gasteiger partial charge in [-0.15, -0.1) is 0 Å². The van der Waals surface area contributed by atoms with Gasteiger partial charge in [-0.2, -0.15) is 0 Å². The number of nitrogens with two attached hydrogens (primary N) is 3. The second kappa shape index (κ2) is 22.2. The first kappa shape index (κ1) is 49.7. The second-order valence-electron chi connectivity index (χ2n) is 15.8. The molecule has 0 spiro atoms. The van der Waals surface area contributed by atoms with E-state index < -0.39 is 41.4 Å². The number of anilines is 2. The molecule has 3 aromatic carbocycles. The van der Waals surface area contributed by atoms with Crippen molar-refractivity contribution in [3.05, 3.63) is 116 Å². The predicted molar refractivity (Wildman–Crippen MR) is 243 cm³/mol. The van der Waals surface area contributed by atoms with Crippen molar-refractivity contribution in [3.8, 4) is 0 Å². The number of halogens is 3. The smallest absolute Gasteiger partial charge is 0.271 e. The lowest BCUT2D eigenvalue weighted by Crippen LogP contribution is -2.59. The van der Waals surface area contributed by atoms with Gasteiger partial charge in [-0.05, 0) is 68.8 Å². The van der Waals surface area contributed by atoms with Gasteiger partial charge in [-0.1, -0.05) is 29.3 Å². The molecule has 0 radical (unpaired) electrons. The molecule has 0 bridgehead atoms. The molecule has 0 saturated carbocycles. The van der Waals surface area contributed by atoms with Crippen LogP contribution in [0, 0.1) is 5.82 Å². The molecule has 3 heterocycles. The zero-order valence-corrected chi connectivity index (χ0v) is 38.1. The van der Waals surface area contributed by atoms with Gasteiger partial charge in [0, 0.05) is 71.7 Å². The molecule has 67 heavy (non-hydrogen) atoms. The van der Waals surface area contributed by atoms with Gasteiger partial charge in [0.15, 0.2) is 5.76 Å². The molecule has 7 amide bonds. The first-order valence-corrected chi connectivity index (χ1v) is 22.0. The number of nitrogens with one attached hydrogen (secondary N) is 3. The van der Waals surface area contributed by atoms with Crippen molar-refractivity contribution in [2.24, 2.45) is 17.2 Å². The Morgan fingerprint density at radius 1 is 0.896 bits per heavy atom. The van der Waals surface area contributed by atoms with Gasteiger partial charge in [0.2, 0.25) is 17.7 Å². The molecule has 22 heteroatoms. The van der Waals surface area contributed by atoms with Crippen LogP contribution in [0.2, 0.25) is 10.0 Å². The highest BCUT2D eigenvalue weighted by Crippen LogP contribution is 2.33. The van der Waals surface area contributed by atoms with Crippen LogP contribution in [-0.4, -0.2) is 120 Å². The molecular formula is C45H50Cl2FN9O10. The Morgan fingerprint density at radius 2 is 1.58 bits per heavy atom. The number of rotatable bonds is 18. The molecule has 9 N–H and O–H groups in total. The second-order valence-corrected chi connectivity index (χ2v) is 16.6.